The third-order valence-electron chi connectivity index (χ3n) is 12.5. The average molecular weight is 808 g/mol. The number of phenols is 1. The number of ketones is 2. The van der Waals surface area contributed by atoms with Gasteiger partial charge in [-0.1, -0.05) is 78.9 Å². The zero-order valence-electron chi connectivity index (χ0n) is 33.3. The van der Waals surface area contributed by atoms with Crippen molar-refractivity contribution in [2.45, 2.75) is 43.3 Å². The van der Waals surface area contributed by atoms with Gasteiger partial charge in [-0.05, 0) is 35.3 Å². The first-order chi connectivity index (χ1) is 29.0. The Bertz CT molecular complexity index is 2990. The molecular weight excluding hydrogens is 767 g/mol. The molecule has 14 heteroatoms. The number of para-hydroxylation sites is 1. The van der Waals surface area contributed by atoms with Gasteiger partial charge in [0.25, 0.3) is 5.56 Å². The molecule has 3 heterocycles. The van der Waals surface area contributed by atoms with Crippen molar-refractivity contribution in [2.75, 3.05) is 21.3 Å². The lowest BCUT2D eigenvalue weighted by Crippen LogP contribution is -2.58. The summed E-state index contributed by atoms with van der Waals surface area (Å²) in [5, 5.41) is 11.9. The molecule has 1 fully saturated rings. The maximum absolute atomic E-state index is 15.3. The van der Waals surface area contributed by atoms with Gasteiger partial charge in [0.1, 0.15) is 5.69 Å². The second kappa shape index (κ2) is 14.6. The van der Waals surface area contributed by atoms with Crippen LogP contribution in [0.3, 0.4) is 0 Å². The van der Waals surface area contributed by atoms with Crippen molar-refractivity contribution >= 4 is 28.2 Å². The molecule has 14 nitrogen and oxygen atoms in total. The highest BCUT2D eigenvalue weighted by Crippen LogP contribution is 2.62. The summed E-state index contributed by atoms with van der Waals surface area (Å²) < 4.78 is 21.6. The van der Waals surface area contributed by atoms with Crippen molar-refractivity contribution in [2.24, 2.45) is 13.0 Å². The molecule has 60 heavy (non-hydrogen) atoms. The fourth-order valence-corrected chi connectivity index (χ4v) is 9.75. The monoisotopic (exact) mass is 807 g/mol. The lowest BCUT2D eigenvalue weighted by atomic mass is 9.47. The maximum atomic E-state index is 15.3. The van der Waals surface area contributed by atoms with Crippen LogP contribution in [0.15, 0.2) is 123 Å². The molecule has 4 atom stereocenters. The van der Waals surface area contributed by atoms with E-state index in [0.717, 1.165) is 4.57 Å². The normalized spacial score (nSPS) is 20.8. The summed E-state index contributed by atoms with van der Waals surface area (Å²) in [6.07, 6.45) is 3.21. The number of benzene rings is 4. The molecule has 4 unspecified atom stereocenters. The number of carbonyl (C=O) groups is 2. The number of carbonyl (C=O) groups excluding carboxylic acids is 2. The molecule has 3 aliphatic rings. The Balaban J connectivity index is 1.20. The van der Waals surface area contributed by atoms with E-state index in [9.17, 15) is 19.5 Å². The highest BCUT2D eigenvalue weighted by Gasteiger charge is 2.63. The number of nitrogens with zero attached hydrogens (tertiary/aromatic N) is 5. The van der Waals surface area contributed by atoms with Crippen LogP contribution in [0.4, 0.5) is 0 Å². The minimum atomic E-state index is -1.55. The van der Waals surface area contributed by atoms with Crippen molar-refractivity contribution in [3.63, 3.8) is 0 Å². The first kappa shape index (κ1) is 38.3. The Hall–Kier alpha value is -7.22. The molecule has 1 saturated carbocycles. The van der Waals surface area contributed by atoms with Crippen LogP contribution in [0, 0.1) is 5.92 Å². The van der Waals surface area contributed by atoms with Crippen molar-refractivity contribution < 1.29 is 28.9 Å². The van der Waals surface area contributed by atoms with E-state index >= 15 is 9.59 Å². The van der Waals surface area contributed by atoms with Crippen LogP contribution < -0.4 is 31.1 Å². The lowest BCUT2D eigenvalue weighted by Gasteiger charge is -2.54. The van der Waals surface area contributed by atoms with Crippen LogP contribution in [-0.2, 0) is 41.6 Å². The fourth-order valence-electron chi connectivity index (χ4n) is 9.75. The number of ether oxygens (including phenoxy) is 3. The van der Waals surface area contributed by atoms with Gasteiger partial charge < -0.3 is 23.9 Å². The largest absolute Gasteiger partial charge is 0.504 e. The van der Waals surface area contributed by atoms with Gasteiger partial charge in [-0.25, -0.2) is 28.5 Å². The van der Waals surface area contributed by atoms with Gasteiger partial charge in [0.2, 0.25) is 0 Å². The number of methoxy groups -OCH3 is 3. The lowest BCUT2D eigenvalue weighted by molar-refractivity contribution is -0.133. The van der Waals surface area contributed by atoms with Gasteiger partial charge in [-0.15, -0.1) is 0 Å². The predicted molar refractivity (Wildman–Crippen MR) is 222 cm³/mol. The smallest absolute Gasteiger partial charge is 0.347 e. The van der Waals surface area contributed by atoms with Gasteiger partial charge in [0.15, 0.2) is 34.6 Å². The Kier molecular flexibility index (Phi) is 9.29. The number of aromatic nitrogens is 5. The second-order valence-corrected chi connectivity index (χ2v) is 15.2. The number of fused-ring (bicyclic) bond motifs is 5. The van der Waals surface area contributed by atoms with Crippen molar-refractivity contribution in [1.29, 1.82) is 0 Å². The Labute approximate surface area is 342 Å². The van der Waals surface area contributed by atoms with Crippen LogP contribution >= 0.6 is 0 Å². The van der Waals surface area contributed by atoms with Crippen LogP contribution in [0.25, 0.3) is 16.6 Å². The summed E-state index contributed by atoms with van der Waals surface area (Å²) in [6.45, 7) is -0.196. The molecule has 0 radical (unpaired) electrons. The summed E-state index contributed by atoms with van der Waals surface area (Å²) in [4.78, 5) is 77.5. The van der Waals surface area contributed by atoms with E-state index in [1.54, 1.807) is 61.6 Å². The topological polar surface area (TPSA) is 166 Å². The number of hydrogen-bond donors (Lipinski definition) is 1. The van der Waals surface area contributed by atoms with E-state index in [4.69, 9.17) is 14.2 Å². The average Bonchev–Trinajstić information content (AvgIpc) is 3.52. The molecule has 0 bridgehead atoms. The van der Waals surface area contributed by atoms with Crippen molar-refractivity contribution in [3.05, 3.63) is 162 Å². The van der Waals surface area contributed by atoms with Crippen molar-refractivity contribution in [3.8, 4) is 23.0 Å². The standard InChI is InChI=1S/C46H41N5O9/c1-48-35-25-38(60-4)37(59-3)24-33(35)47-32(43(48)55)19-20-49-44(56)50-21-18-28-34(51(50)45(49)57)23-31-41(53)30(26-12-7-5-8-13-26)22-39(52)46(31,27-14-9-6-10-15-27)40(28)29-16-11-17-36(58-2)42(29)54/h5-18,22,24-25,31,34,40,54H,19-21,23H2,1-4H3. The molecule has 6 aromatic rings. The summed E-state index contributed by atoms with van der Waals surface area (Å²) in [5.41, 5.74) is 0.270. The molecule has 9 rings (SSSR count). The van der Waals surface area contributed by atoms with Gasteiger partial charge in [0, 0.05) is 55.1 Å². The van der Waals surface area contributed by atoms with E-state index < -0.39 is 40.2 Å². The zero-order chi connectivity index (χ0) is 42.0. The third-order valence-corrected chi connectivity index (χ3v) is 12.5. The van der Waals surface area contributed by atoms with E-state index in [2.05, 4.69) is 4.98 Å². The molecule has 2 aromatic heterocycles. The van der Waals surface area contributed by atoms with E-state index in [-0.39, 0.29) is 60.3 Å². The predicted octanol–water partition coefficient (Wildman–Crippen LogP) is 4.49. The molecule has 1 N–H and O–H groups in total. The molecule has 0 spiro atoms. The van der Waals surface area contributed by atoms with Gasteiger partial charge in [-0.3, -0.25) is 14.4 Å². The molecule has 304 valence electrons. The summed E-state index contributed by atoms with van der Waals surface area (Å²) in [6, 6.07) is 25.6. The molecule has 0 amide bonds. The number of aromatic hydroxyl groups is 1. The minimum absolute atomic E-state index is 0.00185. The van der Waals surface area contributed by atoms with Crippen LogP contribution in [0.1, 0.15) is 40.8 Å². The first-order valence-corrected chi connectivity index (χ1v) is 19.6. The maximum Gasteiger partial charge on any atom is 0.347 e. The van der Waals surface area contributed by atoms with Crippen molar-refractivity contribution in [1.82, 2.24) is 23.5 Å². The first-order valence-electron chi connectivity index (χ1n) is 19.6. The van der Waals surface area contributed by atoms with Crippen LogP contribution in [-0.4, -0.2) is 61.5 Å². The quantitative estimate of drug-likeness (QED) is 0.206. The number of phenolic OH excluding ortho intramolecular Hbond substituents is 1. The molecule has 0 saturated heterocycles. The number of aryl methyl sites for hydroxylation is 2. The summed E-state index contributed by atoms with van der Waals surface area (Å²) >= 11 is 0. The highest BCUT2D eigenvalue weighted by molar-refractivity contribution is 6.31. The molecule has 4 aromatic carbocycles. The third kappa shape index (κ3) is 5.53. The van der Waals surface area contributed by atoms with Gasteiger partial charge in [-0.2, -0.15) is 0 Å². The number of rotatable bonds is 9. The van der Waals surface area contributed by atoms with E-state index in [1.165, 1.54) is 41.3 Å². The summed E-state index contributed by atoms with van der Waals surface area (Å²) in [7, 11) is 6.04. The summed E-state index contributed by atoms with van der Waals surface area (Å²) in [5.74, 6) is -1.80. The SMILES string of the molecule is COc1cc2nc(CCn3c(=O)n4n(c3=O)C3CC5C(=O)C(c6ccccc6)=CC(=O)C5(c5ccccc5)C(c5cccc(OC)c5O)C3=CC4)c(=O)n(C)c2cc1OC. The highest BCUT2D eigenvalue weighted by atomic mass is 16.5. The second-order valence-electron chi connectivity index (χ2n) is 15.2. The molecule has 1 aliphatic heterocycles. The number of Topliss-reactive ketones (excluding diaryl/α,β-unsaturated/α-hetero) is 1. The fraction of sp³-hybridized carbons (Fsp3) is 0.261. The zero-order valence-corrected chi connectivity index (χ0v) is 33.3. The van der Waals surface area contributed by atoms with Crippen LogP contribution in [0.5, 0.6) is 23.0 Å². The van der Waals surface area contributed by atoms with E-state index in [1.807, 2.05) is 42.5 Å². The Morgan fingerprint density at radius 3 is 2.20 bits per heavy atom. The van der Waals surface area contributed by atoms with Crippen LogP contribution in [0.2, 0.25) is 0 Å². The molecule has 2 aliphatic carbocycles. The van der Waals surface area contributed by atoms with E-state index in [0.29, 0.717) is 44.8 Å². The van der Waals surface area contributed by atoms with Gasteiger partial charge >= 0.3 is 11.4 Å². The minimum Gasteiger partial charge on any atom is -0.504 e. The Morgan fingerprint density at radius 1 is 0.817 bits per heavy atom. The number of hydrogen-bond acceptors (Lipinski definition) is 10. The Morgan fingerprint density at radius 2 is 1.50 bits per heavy atom. The number of allylic oxidation sites excluding steroid dienone is 4. The van der Waals surface area contributed by atoms with Gasteiger partial charge in [0.05, 0.1) is 50.4 Å². The molecular formula is C46H41N5O9.